The molecule has 0 spiro atoms. The molecule has 44 heavy (non-hydrogen) atoms. The number of hydrogen-bond donors (Lipinski definition) is 2. The van der Waals surface area contributed by atoms with Crippen LogP contribution in [0.15, 0.2) is 61.3 Å². The first-order valence-corrected chi connectivity index (χ1v) is 15.7. The number of likely N-dealkylation sites (tertiary alicyclic amines) is 1. The van der Waals surface area contributed by atoms with Crippen molar-refractivity contribution in [3.05, 3.63) is 72.4 Å². The first kappa shape index (κ1) is 29.8. The van der Waals surface area contributed by atoms with E-state index in [4.69, 9.17) is 15.7 Å². The number of piperazine rings is 1. The number of carbonyl (C=O) groups is 1. The molecule has 10 heteroatoms. The minimum atomic E-state index is 0.0598. The van der Waals surface area contributed by atoms with Crippen molar-refractivity contribution in [2.24, 2.45) is 0 Å². The standard InChI is InChI=1S/C25H27N7.C9H16N2O/c1-30-12-14-31(15-13-30)22-10-9-21-25(29-22)32(19-8-7-17-4-2-5-18(17)16-19)24(28-21)20-6-3-11-27-23(20)26;1-3-9(12)11-6-4-8(10-2)5-7-11/h3,6-11,16H,2,4-5,12-15H2,1H3,(H2,26,27);3,8,10H,1,4-7H2,2H3. The number of carbonyl (C=O) groups excluding carboxylic acids is 1. The Balaban J connectivity index is 0.000000242. The lowest BCUT2D eigenvalue weighted by atomic mass is 10.1. The van der Waals surface area contributed by atoms with Gasteiger partial charge < -0.3 is 25.8 Å². The number of amides is 1. The number of likely N-dealkylation sites (N-methyl/N-ethyl adjacent to an activating group) is 1. The van der Waals surface area contributed by atoms with Crippen LogP contribution in [0.5, 0.6) is 0 Å². The third kappa shape index (κ3) is 6.18. The van der Waals surface area contributed by atoms with Crippen molar-refractivity contribution in [3.8, 4) is 17.1 Å². The fourth-order valence-corrected chi connectivity index (χ4v) is 6.41. The normalized spacial score (nSPS) is 17.3. The molecule has 2 aliphatic heterocycles. The fraction of sp³-hybridized carbons (Fsp3) is 0.412. The first-order valence-electron chi connectivity index (χ1n) is 15.7. The summed E-state index contributed by atoms with van der Waals surface area (Å²) in [5, 5.41) is 3.22. The average molecular weight is 594 g/mol. The molecule has 0 radical (unpaired) electrons. The number of hydrogen-bond acceptors (Lipinski definition) is 8. The number of piperidine rings is 1. The SMILES string of the molecule is C=CC(=O)N1CCC(NC)CC1.CN1CCN(c2ccc3nc(-c4cccnc4N)n(-c4ccc5c(c4)CCC5)c3n2)CC1. The minimum Gasteiger partial charge on any atom is -0.383 e. The zero-order valence-corrected chi connectivity index (χ0v) is 25.9. The molecule has 5 heterocycles. The van der Waals surface area contributed by atoms with Crippen molar-refractivity contribution in [2.75, 3.05) is 64.0 Å². The predicted octanol–water partition coefficient (Wildman–Crippen LogP) is 3.69. The van der Waals surface area contributed by atoms with E-state index in [-0.39, 0.29) is 5.91 Å². The average Bonchev–Trinajstić information content (AvgIpc) is 3.69. The predicted molar refractivity (Wildman–Crippen MR) is 177 cm³/mol. The lowest BCUT2D eigenvalue weighted by Crippen LogP contribution is -2.44. The number of benzene rings is 1. The smallest absolute Gasteiger partial charge is 0.245 e. The summed E-state index contributed by atoms with van der Waals surface area (Å²) < 4.78 is 2.15. The maximum Gasteiger partial charge on any atom is 0.245 e. The van der Waals surface area contributed by atoms with E-state index in [1.54, 1.807) is 6.20 Å². The van der Waals surface area contributed by atoms with Gasteiger partial charge in [0.2, 0.25) is 5.91 Å². The van der Waals surface area contributed by atoms with Gasteiger partial charge in [0.15, 0.2) is 11.5 Å². The van der Waals surface area contributed by atoms with E-state index in [9.17, 15) is 4.79 Å². The van der Waals surface area contributed by atoms with Crippen LogP contribution >= 0.6 is 0 Å². The van der Waals surface area contributed by atoms with Crippen LogP contribution in [-0.4, -0.2) is 94.6 Å². The van der Waals surface area contributed by atoms with Crippen LogP contribution in [0.25, 0.3) is 28.2 Å². The second-order valence-electron chi connectivity index (χ2n) is 11.9. The molecule has 1 amide bonds. The van der Waals surface area contributed by atoms with Crippen molar-refractivity contribution >= 4 is 28.7 Å². The number of imidazole rings is 1. The Morgan fingerprint density at radius 2 is 1.77 bits per heavy atom. The number of aromatic nitrogens is 4. The fourth-order valence-electron chi connectivity index (χ4n) is 6.41. The van der Waals surface area contributed by atoms with Crippen LogP contribution in [0.3, 0.4) is 0 Å². The summed E-state index contributed by atoms with van der Waals surface area (Å²) in [5.74, 6) is 2.32. The van der Waals surface area contributed by atoms with Gasteiger partial charge in [-0.3, -0.25) is 9.36 Å². The summed E-state index contributed by atoms with van der Waals surface area (Å²) in [7, 11) is 4.14. The lowest BCUT2D eigenvalue weighted by molar-refractivity contribution is -0.127. The summed E-state index contributed by atoms with van der Waals surface area (Å²) in [6.45, 7) is 9.22. The quantitative estimate of drug-likeness (QED) is 0.338. The molecule has 0 unspecified atom stereocenters. The first-order chi connectivity index (χ1) is 21.4. The Hall–Kier alpha value is -4.28. The zero-order valence-electron chi connectivity index (χ0n) is 25.9. The van der Waals surface area contributed by atoms with Gasteiger partial charge in [-0.15, -0.1) is 0 Å². The molecule has 2 saturated heterocycles. The van der Waals surface area contributed by atoms with Gasteiger partial charge in [-0.25, -0.2) is 15.0 Å². The highest BCUT2D eigenvalue weighted by molar-refractivity contribution is 5.87. The van der Waals surface area contributed by atoms with E-state index in [1.165, 1.54) is 23.6 Å². The zero-order chi connectivity index (χ0) is 30.6. The maximum absolute atomic E-state index is 11.1. The number of nitrogens with one attached hydrogen (secondary N) is 1. The minimum absolute atomic E-state index is 0.0598. The molecule has 4 aromatic rings. The summed E-state index contributed by atoms with van der Waals surface area (Å²) >= 11 is 0. The van der Waals surface area contributed by atoms with Crippen molar-refractivity contribution in [1.29, 1.82) is 0 Å². The molecule has 2 fully saturated rings. The number of nitrogens with zero attached hydrogens (tertiary/aromatic N) is 7. The Bertz CT molecular complexity index is 1630. The number of nitrogens with two attached hydrogens (primary N) is 1. The summed E-state index contributed by atoms with van der Waals surface area (Å²) in [5.41, 5.74) is 12.8. The molecule has 1 aliphatic carbocycles. The van der Waals surface area contributed by atoms with Crippen LogP contribution in [0.4, 0.5) is 11.6 Å². The van der Waals surface area contributed by atoms with Gasteiger partial charge >= 0.3 is 0 Å². The van der Waals surface area contributed by atoms with E-state index >= 15 is 0 Å². The van der Waals surface area contributed by atoms with Crippen LogP contribution in [0, 0.1) is 0 Å². The largest absolute Gasteiger partial charge is 0.383 e. The molecule has 1 aromatic carbocycles. The molecule has 0 saturated carbocycles. The molecule has 0 atom stereocenters. The van der Waals surface area contributed by atoms with Gasteiger partial charge in [-0.1, -0.05) is 12.6 Å². The van der Waals surface area contributed by atoms with Gasteiger partial charge in [0.25, 0.3) is 0 Å². The molecule has 3 aromatic heterocycles. The molecular formula is C34H43N9O. The second-order valence-corrected chi connectivity index (χ2v) is 11.9. The maximum atomic E-state index is 11.1. The molecule has 10 nitrogen and oxygen atoms in total. The van der Waals surface area contributed by atoms with Crippen LogP contribution < -0.4 is 16.0 Å². The van der Waals surface area contributed by atoms with E-state index in [0.717, 1.165) is 99.0 Å². The van der Waals surface area contributed by atoms with Gasteiger partial charge in [0, 0.05) is 57.2 Å². The van der Waals surface area contributed by atoms with E-state index in [2.05, 4.69) is 68.6 Å². The Kier molecular flexibility index (Phi) is 8.90. The van der Waals surface area contributed by atoms with Crippen LogP contribution in [-0.2, 0) is 17.6 Å². The van der Waals surface area contributed by atoms with Crippen molar-refractivity contribution in [2.45, 2.75) is 38.1 Å². The van der Waals surface area contributed by atoms with Gasteiger partial charge in [0.1, 0.15) is 17.2 Å². The number of pyridine rings is 2. The highest BCUT2D eigenvalue weighted by Crippen LogP contribution is 2.33. The molecule has 3 aliphatic rings. The third-order valence-corrected chi connectivity index (χ3v) is 9.13. The van der Waals surface area contributed by atoms with E-state index in [1.807, 2.05) is 24.1 Å². The number of fused-ring (bicyclic) bond motifs is 2. The van der Waals surface area contributed by atoms with Crippen molar-refractivity contribution in [1.82, 2.24) is 34.6 Å². The number of anilines is 2. The Morgan fingerprint density at radius 3 is 2.50 bits per heavy atom. The number of aryl methyl sites for hydroxylation is 2. The van der Waals surface area contributed by atoms with Crippen LogP contribution in [0.1, 0.15) is 30.4 Å². The number of rotatable bonds is 5. The molecular weight excluding hydrogens is 550 g/mol. The van der Waals surface area contributed by atoms with E-state index in [0.29, 0.717) is 11.9 Å². The van der Waals surface area contributed by atoms with Gasteiger partial charge in [0.05, 0.1) is 5.56 Å². The summed E-state index contributed by atoms with van der Waals surface area (Å²) in [6, 6.07) is 15.4. The third-order valence-electron chi connectivity index (χ3n) is 9.13. The molecule has 3 N–H and O–H groups in total. The second kappa shape index (κ2) is 13.2. The topological polar surface area (TPSA) is 108 Å². The summed E-state index contributed by atoms with van der Waals surface area (Å²) in [4.78, 5) is 32.1. The Morgan fingerprint density at radius 1 is 1.00 bits per heavy atom. The molecule has 7 rings (SSSR count). The van der Waals surface area contributed by atoms with Crippen LogP contribution in [0.2, 0.25) is 0 Å². The monoisotopic (exact) mass is 593 g/mol. The van der Waals surface area contributed by atoms with Gasteiger partial charge in [-0.2, -0.15) is 0 Å². The van der Waals surface area contributed by atoms with Crippen molar-refractivity contribution < 1.29 is 4.79 Å². The van der Waals surface area contributed by atoms with Gasteiger partial charge in [-0.05, 0) is 99.8 Å². The van der Waals surface area contributed by atoms with Crippen molar-refractivity contribution in [3.63, 3.8) is 0 Å². The molecule has 0 bridgehead atoms. The highest BCUT2D eigenvalue weighted by atomic mass is 16.2. The highest BCUT2D eigenvalue weighted by Gasteiger charge is 2.22. The lowest BCUT2D eigenvalue weighted by Gasteiger charge is -2.33. The Labute approximate surface area is 259 Å². The van der Waals surface area contributed by atoms with E-state index < -0.39 is 0 Å². The summed E-state index contributed by atoms with van der Waals surface area (Å²) in [6.07, 6.45) is 8.71. The number of nitrogen functional groups attached to an aromatic ring is 1. The molecule has 230 valence electrons.